The number of nitrogens with zero attached hydrogens (tertiary/aromatic N) is 1. The van der Waals surface area contributed by atoms with E-state index >= 15 is 0 Å². The molecule has 0 aromatic heterocycles. The third kappa shape index (κ3) is 4.21. The van der Waals surface area contributed by atoms with Crippen LogP contribution in [0.25, 0.3) is 0 Å². The molecule has 2 aromatic carbocycles. The smallest absolute Gasteiger partial charge is 0.109 e. The summed E-state index contributed by atoms with van der Waals surface area (Å²) in [5.74, 6) is 0. The molecule has 0 unspecified atom stereocenters. The van der Waals surface area contributed by atoms with Gasteiger partial charge in [-0.1, -0.05) is 36.4 Å². The van der Waals surface area contributed by atoms with Crippen LogP contribution >= 0.6 is 0 Å². The van der Waals surface area contributed by atoms with Crippen LogP contribution in [0.1, 0.15) is 39.5 Å². The van der Waals surface area contributed by atoms with Crippen molar-refractivity contribution in [2.45, 2.75) is 33.8 Å². The lowest BCUT2D eigenvalue weighted by Gasteiger charge is -2.26. The monoisotopic (exact) mass is 311 g/mol. The quantitative estimate of drug-likeness (QED) is 0.774. The van der Waals surface area contributed by atoms with Crippen molar-refractivity contribution in [2.75, 3.05) is 27.2 Å². The maximum absolute atomic E-state index is 6.41. The average molecular weight is 311 g/mol. The molecule has 2 heteroatoms. The summed E-state index contributed by atoms with van der Waals surface area (Å²) in [4.78, 5) is 2.16. The van der Waals surface area contributed by atoms with Crippen LogP contribution in [0.15, 0.2) is 36.4 Å². The third-order valence-corrected chi connectivity index (χ3v) is 4.43. The molecular weight excluding hydrogens is 282 g/mol. The maximum atomic E-state index is 6.41. The Hall–Kier alpha value is -1.64. The molecular formula is C21H29NO. The van der Waals surface area contributed by atoms with E-state index in [1.807, 2.05) is 0 Å². The van der Waals surface area contributed by atoms with Gasteiger partial charge in [0, 0.05) is 6.54 Å². The molecule has 0 spiro atoms. The summed E-state index contributed by atoms with van der Waals surface area (Å²) in [6, 6.07) is 13.0. The van der Waals surface area contributed by atoms with E-state index in [-0.39, 0.29) is 6.10 Å². The molecule has 0 heterocycles. The molecule has 0 saturated carbocycles. The van der Waals surface area contributed by atoms with Gasteiger partial charge in [-0.25, -0.2) is 0 Å². The number of hydrogen-bond acceptors (Lipinski definition) is 2. The van der Waals surface area contributed by atoms with Gasteiger partial charge in [-0.15, -0.1) is 0 Å². The van der Waals surface area contributed by atoms with Crippen LogP contribution in [-0.4, -0.2) is 32.1 Å². The molecule has 0 radical (unpaired) electrons. The fourth-order valence-corrected chi connectivity index (χ4v) is 3.15. The van der Waals surface area contributed by atoms with Gasteiger partial charge in [0.1, 0.15) is 6.10 Å². The predicted molar refractivity (Wildman–Crippen MR) is 98.2 cm³/mol. The average Bonchev–Trinajstić information content (AvgIpc) is 2.45. The Morgan fingerprint density at radius 3 is 1.52 bits per heavy atom. The highest BCUT2D eigenvalue weighted by Gasteiger charge is 2.22. The SMILES string of the molecule is Cc1cccc(C)c1C(OCCN(C)C)c1c(C)cccc1C. The first kappa shape index (κ1) is 17.7. The predicted octanol–water partition coefficient (Wildman–Crippen LogP) is 4.59. The van der Waals surface area contributed by atoms with Gasteiger partial charge in [-0.05, 0) is 75.2 Å². The Morgan fingerprint density at radius 2 is 1.17 bits per heavy atom. The van der Waals surface area contributed by atoms with E-state index in [9.17, 15) is 0 Å². The van der Waals surface area contributed by atoms with Gasteiger partial charge in [0.25, 0.3) is 0 Å². The van der Waals surface area contributed by atoms with Crippen LogP contribution in [0, 0.1) is 27.7 Å². The summed E-state index contributed by atoms with van der Waals surface area (Å²) in [6.45, 7) is 10.4. The van der Waals surface area contributed by atoms with E-state index in [1.165, 1.54) is 33.4 Å². The number of ether oxygens (including phenoxy) is 1. The summed E-state index contributed by atoms with van der Waals surface area (Å²) >= 11 is 0. The van der Waals surface area contributed by atoms with Crippen molar-refractivity contribution < 1.29 is 4.74 Å². The highest BCUT2D eigenvalue weighted by Crippen LogP contribution is 2.34. The van der Waals surface area contributed by atoms with Gasteiger partial charge in [0.2, 0.25) is 0 Å². The number of hydrogen-bond donors (Lipinski definition) is 0. The largest absolute Gasteiger partial charge is 0.367 e. The van der Waals surface area contributed by atoms with Crippen LogP contribution in [0.3, 0.4) is 0 Å². The zero-order valence-electron chi connectivity index (χ0n) is 15.3. The number of rotatable bonds is 6. The van der Waals surface area contributed by atoms with E-state index < -0.39 is 0 Å². The van der Waals surface area contributed by atoms with Gasteiger partial charge in [-0.2, -0.15) is 0 Å². The zero-order chi connectivity index (χ0) is 17.0. The lowest BCUT2D eigenvalue weighted by Crippen LogP contribution is -2.21. The fraction of sp³-hybridized carbons (Fsp3) is 0.429. The molecule has 2 nitrogen and oxygen atoms in total. The molecule has 0 atom stereocenters. The maximum Gasteiger partial charge on any atom is 0.109 e. The summed E-state index contributed by atoms with van der Waals surface area (Å²) in [5, 5.41) is 0. The van der Waals surface area contributed by atoms with Crippen molar-refractivity contribution in [1.29, 1.82) is 0 Å². The molecule has 0 aliphatic carbocycles. The van der Waals surface area contributed by atoms with Gasteiger partial charge in [0.15, 0.2) is 0 Å². The second-order valence-corrected chi connectivity index (χ2v) is 6.67. The zero-order valence-corrected chi connectivity index (χ0v) is 15.3. The molecule has 0 N–H and O–H groups in total. The van der Waals surface area contributed by atoms with E-state index in [0.717, 1.165) is 13.2 Å². The molecule has 0 fully saturated rings. The Balaban J connectivity index is 2.48. The lowest BCUT2D eigenvalue weighted by atomic mass is 9.89. The molecule has 0 bridgehead atoms. The van der Waals surface area contributed by atoms with Gasteiger partial charge in [-0.3, -0.25) is 0 Å². The fourth-order valence-electron chi connectivity index (χ4n) is 3.15. The summed E-state index contributed by atoms with van der Waals surface area (Å²) in [7, 11) is 4.16. The van der Waals surface area contributed by atoms with Crippen LogP contribution < -0.4 is 0 Å². The molecule has 0 aliphatic rings. The van der Waals surface area contributed by atoms with Gasteiger partial charge >= 0.3 is 0 Å². The second kappa shape index (κ2) is 7.76. The topological polar surface area (TPSA) is 12.5 Å². The minimum absolute atomic E-state index is 0.00245. The first-order chi connectivity index (χ1) is 10.9. The van der Waals surface area contributed by atoms with E-state index in [4.69, 9.17) is 4.74 Å². The van der Waals surface area contributed by atoms with Crippen molar-refractivity contribution in [1.82, 2.24) is 4.90 Å². The summed E-state index contributed by atoms with van der Waals surface area (Å²) in [5.41, 5.74) is 7.79. The summed E-state index contributed by atoms with van der Waals surface area (Å²) in [6.07, 6.45) is -0.00245. The Bertz CT molecular complexity index is 569. The molecule has 0 amide bonds. The van der Waals surface area contributed by atoms with Gasteiger partial charge in [0.05, 0.1) is 6.61 Å². The van der Waals surface area contributed by atoms with Crippen molar-refractivity contribution >= 4 is 0 Å². The van der Waals surface area contributed by atoms with Crippen LogP contribution in [-0.2, 0) is 4.74 Å². The second-order valence-electron chi connectivity index (χ2n) is 6.67. The number of aryl methyl sites for hydroxylation is 4. The first-order valence-corrected chi connectivity index (χ1v) is 8.30. The number of likely N-dealkylation sites (N-methyl/N-ethyl adjacent to an activating group) is 1. The minimum Gasteiger partial charge on any atom is -0.367 e. The van der Waals surface area contributed by atoms with Crippen molar-refractivity contribution in [3.8, 4) is 0 Å². The van der Waals surface area contributed by atoms with E-state index in [0.29, 0.717) is 0 Å². The molecule has 0 aliphatic heterocycles. The van der Waals surface area contributed by atoms with Crippen molar-refractivity contribution in [3.05, 3.63) is 69.8 Å². The van der Waals surface area contributed by atoms with E-state index in [2.05, 4.69) is 83.1 Å². The minimum atomic E-state index is -0.00245. The molecule has 124 valence electrons. The molecule has 2 aromatic rings. The highest BCUT2D eigenvalue weighted by molar-refractivity contribution is 5.46. The molecule has 2 rings (SSSR count). The van der Waals surface area contributed by atoms with Gasteiger partial charge < -0.3 is 9.64 Å². The van der Waals surface area contributed by atoms with Crippen LogP contribution in [0.4, 0.5) is 0 Å². The Morgan fingerprint density at radius 1 is 0.783 bits per heavy atom. The Kier molecular flexibility index (Phi) is 5.97. The first-order valence-electron chi connectivity index (χ1n) is 8.30. The standard InChI is InChI=1S/C21H29NO/c1-15-9-7-10-16(2)19(15)21(23-14-13-22(5)6)20-17(3)11-8-12-18(20)4/h7-12,21H,13-14H2,1-6H3. The highest BCUT2D eigenvalue weighted by atomic mass is 16.5. The summed E-state index contributed by atoms with van der Waals surface area (Å²) < 4.78 is 6.41. The third-order valence-electron chi connectivity index (χ3n) is 4.43. The van der Waals surface area contributed by atoms with E-state index in [1.54, 1.807) is 0 Å². The van der Waals surface area contributed by atoms with Crippen molar-refractivity contribution in [3.63, 3.8) is 0 Å². The normalized spacial score (nSPS) is 11.5. The van der Waals surface area contributed by atoms with Crippen LogP contribution in [0.5, 0.6) is 0 Å². The Labute approximate surface area is 141 Å². The van der Waals surface area contributed by atoms with Crippen molar-refractivity contribution in [2.24, 2.45) is 0 Å². The number of benzene rings is 2. The molecule has 0 saturated heterocycles. The lowest BCUT2D eigenvalue weighted by molar-refractivity contribution is 0.0672. The van der Waals surface area contributed by atoms with Crippen LogP contribution in [0.2, 0.25) is 0 Å². The molecule has 23 heavy (non-hydrogen) atoms.